The number of rotatable bonds is 7. The average Bonchev–Trinajstić information content (AvgIpc) is 2.55. The fraction of sp³-hybridized carbons (Fsp3) is 0.556. The highest BCUT2D eigenvalue weighted by atomic mass is 16.4. The number of hydrogen-bond donors (Lipinski definition) is 1. The van der Waals surface area contributed by atoms with Gasteiger partial charge in [-0.05, 0) is 30.9 Å². The smallest absolute Gasteiger partial charge is 0.308 e. The van der Waals surface area contributed by atoms with Gasteiger partial charge in [0.15, 0.2) is 0 Å². The van der Waals surface area contributed by atoms with Gasteiger partial charge in [0.25, 0.3) is 0 Å². The molecule has 0 saturated carbocycles. The Kier molecular flexibility index (Phi) is 6.02. The standard InChI is InChI=1S/C18H27N3O2/c1-4-9-21(13-15(3)18(22)23)16-5-6-17(19-12-16)20-10-7-14(2)8-11-20/h4-6,12,14-15H,1,7-11,13H2,2-3H3,(H,22,23). The van der Waals surface area contributed by atoms with Gasteiger partial charge in [-0.1, -0.05) is 19.9 Å². The maximum Gasteiger partial charge on any atom is 0.308 e. The van der Waals surface area contributed by atoms with Gasteiger partial charge in [0.05, 0.1) is 17.8 Å². The largest absolute Gasteiger partial charge is 0.481 e. The minimum absolute atomic E-state index is 0.432. The first-order valence-electron chi connectivity index (χ1n) is 8.31. The number of nitrogens with zero attached hydrogens (tertiary/aromatic N) is 3. The number of aliphatic carboxylic acids is 1. The van der Waals surface area contributed by atoms with Crippen LogP contribution in [0.2, 0.25) is 0 Å². The zero-order valence-corrected chi connectivity index (χ0v) is 14.1. The van der Waals surface area contributed by atoms with E-state index in [0.717, 1.165) is 30.5 Å². The molecule has 1 aliphatic rings. The Morgan fingerprint density at radius 2 is 2.22 bits per heavy atom. The highest BCUT2D eigenvalue weighted by Gasteiger charge is 2.18. The van der Waals surface area contributed by atoms with Crippen LogP contribution in [0.3, 0.4) is 0 Å². The van der Waals surface area contributed by atoms with Gasteiger partial charge in [-0.3, -0.25) is 4.79 Å². The first-order valence-corrected chi connectivity index (χ1v) is 8.31. The number of carbonyl (C=O) groups is 1. The molecule has 5 nitrogen and oxygen atoms in total. The Morgan fingerprint density at radius 3 is 2.74 bits per heavy atom. The van der Waals surface area contributed by atoms with Crippen LogP contribution in [0.1, 0.15) is 26.7 Å². The molecule has 0 amide bonds. The third-order valence-corrected chi connectivity index (χ3v) is 4.47. The average molecular weight is 317 g/mol. The summed E-state index contributed by atoms with van der Waals surface area (Å²) in [7, 11) is 0. The second-order valence-corrected chi connectivity index (χ2v) is 6.48. The molecule has 0 radical (unpaired) electrons. The fourth-order valence-electron chi connectivity index (χ4n) is 2.84. The van der Waals surface area contributed by atoms with Crippen LogP contribution in [-0.2, 0) is 4.79 Å². The van der Waals surface area contributed by atoms with Gasteiger partial charge >= 0.3 is 5.97 Å². The number of carboxylic acids is 1. The van der Waals surface area contributed by atoms with Crippen LogP contribution in [0.5, 0.6) is 0 Å². The fourth-order valence-corrected chi connectivity index (χ4v) is 2.84. The van der Waals surface area contributed by atoms with Gasteiger partial charge in [0, 0.05) is 26.2 Å². The lowest BCUT2D eigenvalue weighted by atomic mass is 9.99. The Balaban J connectivity index is 2.06. The van der Waals surface area contributed by atoms with Crippen molar-refractivity contribution in [3.8, 4) is 0 Å². The number of anilines is 2. The summed E-state index contributed by atoms with van der Waals surface area (Å²) in [5, 5.41) is 9.11. The van der Waals surface area contributed by atoms with Crippen LogP contribution in [-0.4, -0.2) is 42.2 Å². The molecule has 0 bridgehead atoms. The van der Waals surface area contributed by atoms with Crippen molar-refractivity contribution in [3.05, 3.63) is 31.0 Å². The Labute approximate surface area is 138 Å². The predicted molar refractivity (Wildman–Crippen MR) is 94.1 cm³/mol. The Morgan fingerprint density at radius 1 is 1.52 bits per heavy atom. The summed E-state index contributed by atoms with van der Waals surface area (Å²) in [5.41, 5.74) is 0.937. The minimum atomic E-state index is -0.786. The number of aromatic nitrogens is 1. The van der Waals surface area contributed by atoms with E-state index in [4.69, 9.17) is 5.11 Å². The van der Waals surface area contributed by atoms with Gasteiger partial charge in [0.1, 0.15) is 5.82 Å². The summed E-state index contributed by atoms with van der Waals surface area (Å²) < 4.78 is 0. The lowest BCUT2D eigenvalue weighted by Gasteiger charge is -2.31. The summed E-state index contributed by atoms with van der Waals surface area (Å²) >= 11 is 0. The molecule has 1 unspecified atom stereocenters. The molecule has 2 heterocycles. The van der Waals surface area contributed by atoms with E-state index < -0.39 is 11.9 Å². The van der Waals surface area contributed by atoms with E-state index >= 15 is 0 Å². The van der Waals surface area contributed by atoms with Crippen LogP contribution < -0.4 is 9.80 Å². The molecule has 1 aromatic rings. The molecule has 1 aromatic heterocycles. The number of hydrogen-bond acceptors (Lipinski definition) is 4. The second kappa shape index (κ2) is 7.99. The third kappa shape index (κ3) is 4.71. The SMILES string of the molecule is C=CCN(CC(C)C(=O)O)c1ccc(N2CCC(C)CC2)nc1. The van der Waals surface area contributed by atoms with Crippen molar-refractivity contribution in [2.75, 3.05) is 36.0 Å². The lowest BCUT2D eigenvalue weighted by Crippen LogP contribution is -2.34. The van der Waals surface area contributed by atoms with E-state index in [-0.39, 0.29) is 0 Å². The first kappa shape index (κ1) is 17.3. The summed E-state index contributed by atoms with van der Waals surface area (Å²) in [6.45, 7) is 10.9. The van der Waals surface area contributed by atoms with Gasteiger partial charge in [-0.2, -0.15) is 0 Å². The number of pyridine rings is 1. The molecule has 23 heavy (non-hydrogen) atoms. The number of carboxylic acid groups (broad SMARTS) is 1. The van der Waals surface area contributed by atoms with Crippen LogP contribution >= 0.6 is 0 Å². The maximum atomic E-state index is 11.1. The molecule has 2 rings (SSSR count). The predicted octanol–water partition coefficient (Wildman–Crippen LogP) is 3.03. The summed E-state index contributed by atoms with van der Waals surface area (Å²) in [6, 6.07) is 4.06. The normalized spacial score (nSPS) is 16.9. The maximum absolute atomic E-state index is 11.1. The first-order chi connectivity index (χ1) is 11.0. The number of piperidine rings is 1. The molecule has 126 valence electrons. The molecule has 5 heteroatoms. The van der Waals surface area contributed by atoms with Crippen LogP contribution in [0.15, 0.2) is 31.0 Å². The van der Waals surface area contributed by atoms with Gasteiger partial charge in [-0.15, -0.1) is 6.58 Å². The Hall–Kier alpha value is -2.04. The molecule has 0 spiro atoms. The topological polar surface area (TPSA) is 56.7 Å². The van der Waals surface area contributed by atoms with Crippen molar-refractivity contribution in [1.82, 2.24) is 4.98 Å². The molecule has 1 atom stereocenters. The van der Waals surface area contributed by atoms with Gasteiger partial charge < -0.3 is 14.9 Å². The monoisotopic (exact) mass is 317 g/mol. The van der Waals surface area contributed by atoms with Crippen LogP contribution in [0.25, 0.3) is 0 Å². The summed E-state index contributed by atoms with van der Waals surface area (Å²) in [4.78, 5) is 20.0. The van der Waals surface area contributed by atoms with E-state index in [0.29, 0.717) is 13.1 Å². The molecular weight excluding hydrogens is 290 g/mol. The van der Waals surface area contributed by atoms with E-state index in [9.17, 15) is 4.79 Å². The zero-order valence-electron chi connectivity index (χ0n) is 14.1. The van der Waals surface area contributed by atoms with E-state index in [1.165, 1.54) is 12.8 Å². The molecule has 0 aliphatic carbocycles. The van der Waals surface area contributed by atoms with E-state index in [2.05, 4.69) is 23.4 Å². The molecule has 1 N–H and O–H groups in total. The summed E-state index contributed by atoms with van der Waals surface area (Å²) in [6.07, 6.45) is 6.05. The van der Waals surface area contributed by atoms with Gasteiger partial charge in [-0.25, -0.2) is 4.98 Å². The van der Waals surface area contributed by atoms with E-state index in [1.807, 2.05) is 23.2 Å². The van der Waals surface area contributed by atoms with Crippen molar-refractivity contribution in [2.24, 2.45) is 11.8 Å². The molecule has 1 fully saturated rings. The zero-order chi connectivity index (χ0) is 16.8. The minimum Gasteiger partial charge on any atom is -0.481 e. The third-order valence-electron chi connectivity index (χ3n) is 4.47. The summed E-state index contributed by atoms with van der Waals surface area (Å²) in [5.74, 6) is 0.584. The van der Waals surface area contributed by atoms with E-state index in [1.54, 1.807) is 13.0 Å². The second-order valence-electron chi connectivity index (χ2n) is 6.48. The van der Waals surface area contributed by atoms with Crippen molar-refractivity contribution >= 4 is 17.5 Å². The van der Waals surface area contributed by atoms with Crippen molar-refractivity contribution < 1.29 is 9.90 Å². The van der Waals surface area contributed by atoms with Crippen molar-refractivity contribution in [1.29, 1.82) is 0 Å². The molecule has 0 aromatic carbocycles. The quantitative estimate of drug-likeness (QED) is 0.783. The highest BCUT2D eigenvalue weighted by molar-refractivity contribution is 5.70. The van der Waals surface area contributed by atoms with Crippen molar-refractivity contribution in [2.45, 2.75) is 26.7 Å². The molecule has 1 aliphatic heterocycles. The highest BCUT2D eigenvalue weighted by Crippen LogP contribution is 2.23. The van der Waals surface area contributed by atoms with Gasteiger partial charge in [0.2, 0.25) is 0 Å². The van der Waals surface area contributed by atoms with Crippen molar-refractivity contribution in [3.63, 3.8) is 0 Å². The Bertz CT molecular complexity index is 522. The molecule has 1 saturated heterocycles. The van der Waals surface area contributed by atoms with Crippen LogP contribution in [0, 0.1) is 11.8 Å². The van der Waals surface area contributed by atoms with Crippen LogP contribution in [0.4, 0.5) is 11.5 Å². The molecular formula is C18H27N3O2. The lowest BCUT2D eigenvalue weighted by molar-refractivity contribution is -0.140.